The van der Waals surface area contributed by atoms with Gasteiger partial charge in [-0.05, 0) is 44.4 Å². The molecule has 0 aliphatic carbocycles. The zero-order valence-electron chi connectivity index (χ0n) is 18.8. The van der Waals surface area contributed by atoms with Gasteiger partial charge in [-0.3, -0.25) is 10.5 Å². The van der Waals surface area contributed by atoms with Crippen molar-refractivity contribution >= 4 is 11.9 Å². The minimum atomic E-state index is -1.91. The van der Waals surface area contributed by atoms with E-state index in [0.717, 1.165) is 38.5 Å². The quantitative estimate of drug-likeness (QED) is 0.123. The number of nitrogens with two attached hydrogens (primary N) is 1. The number of unbranched alkanes of at least 4 members (excludes halogenated alkanes) is 8. The van der Waals surface area contributed by atoms with Gasteiger partial charge in [0.2, 0.25) is 0 Å². The van der Waals surface area contributed by atoms with Crippen LogP contribution in [-0.4, -0.2) is 22.8 Å². The Bertz CT molecular complexity index is 499. The first-order chi connectivity index (χ1) is 13.8. The lowest BCUT2D eigenvalue weighted by molar-refractivity contribution is -0.180. The fraction of sp³-hybridized carbons (Fsp3) is 0.750. The molecule has 0 saturated carbocycles. The van der Waals surface area contributed by atoms with Gasteiger partial charge in [-0.25, -0.2) is 4.79 Å². The normalized spacial score (nSPS) is 14.0. The molecule has 0 aromatic heterocycles. The number of hydrogen-bond donors (Lipinski definition) is 2. The van der Waals surface area contributed by atoms with Crippen LogP contribution in [0.5, 0.6) is 0 Å². The highest BCUT2D eigenvalue weighted by atomic mass is 16.6. The number of carbonyl (C=O) groups excluding carboxylic acids is 1. The van der Waals surface area contributed by atoms with Gasteiger partial charge in [-0.2, -0.15) is 0 Å². The van der Waals surface area contributed by atoms with Crippen molar-refractivity contribution in [3.63, 3.8) is 0 Å². The van der Waals surface area contributed by atoms with Crippen molar-refractivity contribution in [2.45, 2.75) is 110 Å². The molecule has 1 atom stereocenters. The van der Waals surface area contributed by atoms with Crippen LogP contribution in [-0.2, 0) is 14.3 Å². The van der Waals surface area contributed by atoms with Gasteiger partial charge in [0.05, 0.1) is 0 Å². The van der Waals surface area contributed by atoms with Gasteiger partial charge < -0.3 is 9.84 Å². The predicted octanol–water partition coefficient (Wildman–Crippen LogP) is 6.13. The lowest BCUT2D eigenvalue weighted by Gasteiger charge is -2.26. The van der Waals surface area contributed by atoms with Crippen molar-refractivity contribution in [2.75, 3.05) is 0 Å². The molecule has 3 N–H and O–H groups in total. The molecule has 0 radical (unpaired) electrons. The van der Waals surface area contributed by atoms with Crippen molar-refractivity contribution in [2.24, 2.45) is 11.7 Å². The number of aliphatic carboxylic acids is 1. The summed E-state index contributed by atoms with van der Waals surface area (Å²) in [5.41, 5.74) is 3.83. The summed E-state index contributed by atoms with van der Waals surface area (Å²) < 4.78 is 5.05. The molecule has 29 heavy (non-hydrogen) atoms. The Hall–Kier alpha value is -1.62. The van der Waals surface area contributed by atoms with Gasteiger partial charge in [0.25, 0.3) is 5.72 Å². The molecule has 0 fully saturated rings. The van der Waals surface area contributed by atoms with Crippen LogP contribution in [0, 0.1) is 5.92 Å². The van der Waals surface area contributed by atoms with E-state index < -0.39 is 17.7 Å². The average molecular weight is 410 g/mol. The second-order valence-corrected chi connectivity index (χ2v) is 8.25. The summed E-state index contributed by atoms with van der Waals surface area (Å²) in [5, 5.41) is 9.22. The third-order valence-electron chi connectivity index (χ3n) is 4.70. The zero-order chi connectivity index (χ0) is 22.0. The summed E-state index contributed by atoms with van der Waals surface area (Å²) in [6.45, 7) is 5.92. The van der Waals surface area contributed by atoms with Crippen LogP contribution in [0.15, 0.2) is 24.3 Å². The topological polar surface area (TPSA) is 89.6 Å². The molecule has 0 aromatic rings. The first kappa shape index (κ1) is 27.4. The summed E-state index contributed by atoms with van der Waals surface area (Å²) in [7, 11) is 0. The molecule has 0 amide bonds. The molecule has 1 unspecified atom stereocenters. The molecule has 5 nitrogen and oxygen atoms in total. The Kier molecular flexibility index (Phi) is 16.3. The highest BCUT2D eigenvalue weighted by molar-refractivity contribution is 5.81. The SMILES string of the molecule is CCCCC/C=C\C/C=C\CCCCCCCC(=O)OC(N)(CC(C)C)C(=O)O. The van der Waals surface area contributed by atoms with E-state index in [9.17, 15) is 14.7 Å². The van der Waals surface area contributed by atoms with Crippen LogP contribution in [0.2, 0.25) is 0 Å². The molecule has 0 saturated heterocycles. The number of carbonyl (C=O) groups is 2. The molecule has 0 aromatic carbocycles. The summed E-state index contributed by atoms with van der Waals surface area (Å²) in [5.74, 6) is -1.79. The Morgan fingerprint density at radius 3 is 2.03 bits per heavy atom. The Labute approximate surface area is 177 Å². The van der Waals surface area contributed by atoms with E-state index in [-0.39, 0.29) is 18.8 Å². The second-order valence-electron chi connectivity index (χ2n) is 8.25. The second kappa shape index (κ2) is 17.3. The summed E-state index contributed by atoms with van der Waals surface area (Å²) >= 11 is 0. The highest BCUT2D eigenvalue weighted by Gasteiger charge is 2.38. The molecule has 0 aliphatic rings. The Morgan fingerprint density at radius 1 is 0.931 bits per heavy atom. The first-order valence-electron chi connectivity index (χ1n) is 11.4. The largest absolute Gasteiger partial charge is 0.477 e. The molecule has 0 rings (SSSR count). The van der Waals surface area contributed by atoms with E-state index in [1.54, 1.807) is 0 Å². The standard InChI is InChI=1S/C24H43NO4/c1-4-5-6-7-8-9-10-11-12-13-14-15-16-17-18-19-22(26)29-24(25,23(27)28)20-21(2)3/h8-9,11-12,21H,4-7,10,13-20,25H2,1-3H3,(H,27,28)/b9-8-,12-11-. The number of ether oxygens (including phenoxy) is 1. The van der Waals surface area contributed by atoms with Crippen LogP contribution < -0.4 is 5.73 Å². The summed E-state index contributed by atoms with van der Waals surface area (Å²) in [4.78, 5) is 23.2. The van der Waals surface area contributed by atoms with Crippen LogP contribution in [0.25, 0.3) is 0 Å². The van der Waals surface area contributed by atoms with Crippen molar-refractivity contribution in [1.82, 2.24) is 0 Å². The lowest BCUT2D eigenvalue weighted by atomic mass is 10.0. The molecule has 0 aliphatic heterocycles. The van der Waals surface area contributed by atoms with Gasteiger partial charge in [0.1, 0.15) is 0 Å². The third kappa shape index (κ3) is 15.9. The van der Waals surface area contributed by atoms with Gasteiger partial charge in [-0.1, -0.05) is 77.2 Å². The van der Waals surface area contributed by atoms with Crippen LogP contribution in [0.4, 0.5) is 0 Å². The third-order valence-corrected chi connectivity index (χ3v) is 4.70. The lowest BCUT2D eigenvalue weighted by Crippen LogP contribution is -2.52. The predicted molar refractivity (Wildman–Crippen MR) is 119 cm³/mol. The van der Waals surface area contributed by atoms with Gasteiger partial charge in [0, 0.05) is 12.8 Å². The number of allylic oxidation sites excluding steroid dienone is 4. The molecule has 0 heterocycles. The molecule has 0 spiro atoms. The zero-order valence-corrected chi connectivity index (χ0v) is 18.8. The maximum atomic E-state index is 11.9. The van der Waals surface area contributed by atoms with Crippen LogP contribution in [0.3, 0.4) is 0 Å². The van der Waals surface area contributed by atoms with Crippen molar-refractivity contribution in [3.8, 4) is 0 Å². The molecule has 0 bridgehead atoms. The summed E-state index contributed by atoms with van der Waals surface area (Å²) in [6.07, 6.45) is 21.5. The van der Waals surface area contributed by atoms with E-state index in [2.05, 4.69) is 31.2 Å². The summed E-state index contributed by atoms with van der Waals surface area (Å²) in [6, 6.07) is 0. The minimum absolute atomic E-state index is 0.0276. The number of rotatable bonds is 18. The maximum absolute atomic E-state index is 11.9. The minimum Gasteiger partial charge on any atom is -0.477 e. The fourth-order valence-corrected chi connectivity index (χ4v) is 3.11. The first-order valence-corrected chi connectivity index (χ1v) is 11.4. The van der Waals surface area contributed by atoms with Gasteiger partial charge >= 0.3 is 11.9 Å². The molecular weight excluding hydrogens is 366 g/mol. The highest BCUT2D eigenvalue weighted by Crippen LogP contribution is 2.18. The number of esters is 1. The average Bonchev–Trinajstić information content (AvgIpc) is 2.64. The number of carboxylic acids is 1. The van der Waals surface area contributed by atoms with E-state index in [1.165, 1.54) is 25.7 Å². The monoisotopic (exact) mass is 409 g/mol. The Balaban J connectivity index is 3.70. The Morgan fingerprint density at radius 2 is 1.48 bits per heavy atom. The number of hydrogen-bond acceptors (Lipinski definition) is 4. The molecule has 5 heteroatoms. The van der Waals surface area contributed by atoms with Crippen molar-refractivity contribution in [1.29, 1.82) is 0 Å². The van der Waals surface area contributed by atoms with E-state index in [0.29, 0.717) is 6.42 Å². The molecular formula is C24H43NO4. The van der Waals surface area contributed by atoms with Crippen molar-refractivity contribution in [3.05, 3.63) is 24.3 Å². The van der Waals surface area contributed by atoms with Crippen molar-refractivity contribution < 1.29 is 19.4 Å². The van der Waals surface area contributed by atoms with E-state index in [4.69, 9.17) is 10.5 Å². The number of carboxylic acid groups (broad SMARTS) is 1. The maximum Gasteiger partial charge on any atom is 0.363 e. The van der Waals surface area contributed by atoms with Crippen LogP contribution in [0.1, 0.15) is 104 Å². The van der Waals surface area contributed by atoms with E-state index in [1.807, 2.05) is 13.8 Å². The molecule has 168 valence electrons. The van der Waals surface area contributed by atoms with E-state index >= 15 is 0 Å². The van der Waals surface area contributed by atoms with Gasteiger partial charge in [0.15, 0.2) is 0 Å². The van der Waals surface area contributed by atoms with Crippen LogP contribution >= 0.6 is 0 Å². The smallest absolute Gasteiger partial charge is 0.363 e. The van der Waals surface area contributed by atoms with Gasteiger partial charge in [-0.15, -0.1) is 0 Å². The fourth-order valence-electron chi connectivity index (χ4n) is 3.11.